The van der Waals surface area contributed by atoms with Crippen LogP contribution < -0.4 is 5.73 Å². The molecule has 18 heavy (non-hydrogen) atoms. The van der Waals surface area contributed by atoms with Gasteiger partial charge in [-0.05, 0) is 35.4 Å². The van der Waals surface area contributed by atoms with E-state index in [-0.39, 0.29) is 0 Å². The Hall–Kier alpha value is -1.81. The van der Waals surface area contributed by atoms with Crippen LogP contribution in [0.25, 0.3) is 0 Å². The summed E-state index contributed by atoms with van der Waals surface area (Å²) in [4.78, 5) is 11.4. The molecule has 0 spiro atoms. The maximum absolute atomic E-state index is 11.4. The molecule has 1 atom stereocenters. The Morgan fingerprint density at radius 3 is 1.89 bits per heavy atom. The largest absolute Gasteiger partial charge is 0.481 e. The summed E-state index contributed by atoms with van der Waals surface area (Å²) in [5, 5.41) is 9.38. The van der Waals surface area contributed by atoms with Crippen LogP contribution in [0.1, 0.15) is 17.0 Å². The van der Waals surface area contributed by atoms with Crippen LogP contribution in [0.4, 0.5) is 5.69 Å². The SMILES string of the molecule is Nc1ccc(C(C(=O)O)c2ccc(Br)cc2)cc1. The van der Waals surface area contributed by atoms with E-state index in [0.29, 0.717) is 5.69 Å². The van der Waals surface area contributed by atoms with Crippen molar-refractivity contribution in [1.29, 1.82) is 0 Å². The number of hydrogen-bond acceptors (Lipinski definition) is 2. The molecule has 0 aliphatic rings. The number of anilines is 1. The van der Waals surface area contributed by atoms with Crippen molar-refractivity contribution in [3.05, 3.63) is 64.1 Å². The van der Waals surface area contributed by atoms with Crippen LogP contribution >= 0.6 is 15.9 Å². The van der Waals surface area contributed by atoms with Crippen molar-refractivity contribution in [1.82, 2.24) is 0 Å². The van der Waals surface area contributed by atoms with E-state index in [1.807, 2.05) is 12.1 Å². The Kier molecular flexibility index (Phi) is 3.67. The summed E-state index contributed by atoms with van der Waals surface area (Å²) >= 11 is 3.33. The van der Waals surface area contributed by atoms with Crippen LogP contribution in [0.5, 0.6) is 0 Å². The van der Waals surface area contributed by atoms with Crippen molar-refractivity contribution >= 4 is 27.6 Å². The lowest BCUT2D eigenvalue weighted by atomic mass is 9.91. The summed E-state index contributed by atoms with van der Waals surface area (Å²) in [6.07, 6.45) is 0. The zero-order chi connectivity index (χ0) is 13.1. The van der Waals surface area contributed by atoms with E-state index in [9.17, 15) is 9.90 Å². The van der Waals surface area contributed by atoms with Crippen LogP contribution in [-0.2, 0) is 4.79 Å². The van der Waals surface area contributed by atoms with Crippen LogP contribution in [0.3, 0.4) is 0 Å². The average molecular weight is 306 g/mol. The molecule has 1 unspecified atom stereocenters. The zero-order valence-electron chi connectivity index (χ0n) is 9.51. The van der Waals surface area contributed by atoms with Crippen molar-refractivity contribution in [3.8, 4) is 0 Å². The van der Waals surface area contributed by atoms with Crippen molar-refractivity contribution in [2.45, 2.75) is 5.92 Å². The average Bonchev–Trinajstić information content (AvgIpc) is 2.34. The monoisotopic (exact) mass is 305 g/mol. The number of halogens is 1. The first-order valence-electron chi connectivity index (χ1n) is 5.41. The van der Waals surface area contributed by atoms with Crippen molar-refractivity contribution in [2.75, 3.05) is 5.73 Å². The number of benzene rings is 2. The number of carboxylic acid groups (broad SMARTS) is 1. The number of rotatable bonds is 3. The van der Waals surface area contributed by atoms with E-state index < -0.39 is 11.9 Å². The van der Waals surface area contributed by atoms with Gasteiger partial charge < -0.3 is 10.8 Å². The molecule has 0 saturated heterocycles. The Morgan fingerprint density at radius 2 is 1.44 bits per heavy atom. The van der Waals surface area contributed by atoms with E-state index in [2.05, 4.69) is 15.9 Å². The van der Waals surface area contributed by atoms with Crippen molar-refractivity contribution in [3.63, 3.8) is 0 Å². The molecule has 0 fully saturated rings. The molecule has 0 aliphatic heterocycles. The fourth-order valence-electron chi connectivity index (χ4n) is 1.82. The number of carbonyl (C=O) groups is 1. The molecule has 0 bridgehead atoms. The van der Waals surface area contributed by atoms with Gasteiger partial charge in [0, 0.05) is 10.2 Å². The molecule has 92 valence electrons. The lowest BCUT2D eigenvalue weighted by Crippen LogP contribution is -2.13. The van der Waals surface area contributed by atoms with Crippen LogP contribution in [-0.4, -0.2) is 11.1 Å². The molecule has 0 radical (unpaired) electrons. The molecule has 4 heteroatoms. The summed E-state index contributed by atoms with van der Waals surface area (Å²) < 4.78 is 0.924. The van der Waals surface area contributed by atoms with Crippen molar-refractivity contribution < 1.29 is 9.90 Å². The van der Waals surface area contributed by atoms with E-state index in [4.69, 9.17) is 5.73 Å². The van der Waals surface area contributed by atoms with Gasteiger partial charge in [0.2, 0.25) is 0 Å². The standard InChI is InChI=1S/C14H12BrNO2/c15-11-5-1-9(2-6-11)13(14(17)18)10-3-7-12(16)8-4-10/h1-8,13H,16H2,(H,17,18). The molecule has 0 amide bonds. The highest BCUT2D eigenvalue weighted by Crippen LogP contribution is 2.26. The van der Waals surface area contributed by atoms with Gasteiger partial charge >= 0.3 is 5.97 Å². The summed E-state index contributed by atoms with van der Waals surface area (Å²) in [5.41, 5.74) is 7.70. The zero-order valence-corrected chi connectivity index (χ0v) is 11.1. The maximum Gasteiger partial charge on any atom is 0.315 e. The molecule has 0 heterocycles. The van der Waals surface area contributed by atoms with Gasteiger partial charge in [0.05, 0.1) is 0 Å². The number of nitrogens with two attached hydrogens (primary N) is 1. The van der Waals surface area contributed by atoms with Gasteiger partial charge in [0.15, 0.2) is 0 Å². The fourth-order valence-corrected chi connectivity index (χ4v) is 2.09. The quantitative estimate of drug-likeness (QED) is 0.856. The molecule has 2 aromatic carbocycles. The van der Waals surface area contributed by atoms with Crippen molar-refractivity contribution in [2.24, 2.45) is 0 Å². The van der Waals surface area contributed by atoms with Gasteiger partial charge in [-0.15, -0.1) is 0 Å². The lowest BCUT2D eigenvalue weighted by Gasteiger charge is -2.13. The normalized spacial score (nSPS) is 12.1. The third-order valence-electron chi connectivity index (χ3n) is 2.72. The molecule has 0 aromatic heterocycles. The predicted octanol–water partition coefficient (Wildman–Crippen LogP) is 3.25. The van der Waals surface area contributed by atoms with Gasteiger partial charge in [-0.1, -0.05) is 40.2 Å². The smallest absolute Gasteiger partial charge is 0.315 e. The van der Waals surface area contributed by atoms with Gasteiger partial charge in [-0.2, -0.15) is 0 Å². The first-order chi connectivity index (χ1) is 8.58. The van der Waals surface area contributed by atoms with Gasteiger partial charge in [-0.3, -0.25) is 4.79 Å². The first-order valence-corrected chi connectivity index (χ1v) is 6.21. The number of carboxylic acids is 1. The topological polar surface area (TPSA) is 63.3 Å². The molecular formula is C14H12BrNO2. The van der Waals surface area contributed by atoms with Crippen LogP contribution in [0, 0.1) is 0 Å². The molecule has 0 saturated carbocycles. The fraction of sp³-hybridized carbons (Fsp3) is 0.0714. The second kappa shape index (κ2) is 5.23. The second-order valence-electron chi connectivity index (χ2n) is 3.99. The molecule has 3 N–H and O–H groups in total. The minimum atomic E-state index is -0.873. The van der Waals surface area contributed by atoms with E-state index in [1.165, 1.54) is 0 Å². The van der Waals surface area contributed by atoms with Gasteiger partial charge in [0.25, 0.3) is 0 Å². The van der Waals surface area contributed by atoms with E-state index in [0.717, 1.165) is 15.6 Å². The predicted molar refractivity (Wildman–Crippen MR) is 74.5 cm³/mol. The maximum atomic E-state index is 11.4. The highest BCUT2D eigenvalue weighted by Gasteiger charge is 2.21. The van der Waals surface area contributed by atoms with E-state index in [1.54, 1.807) is 36.4 Å². The summed E-state index contributed by atoms with van der Waals surface area (Å²) in [6, 6.07) is 14.2. The first kappa shape index (κ1) is 12.6. The second-order valence-corrected chi connectivity index (χ2v) is 4.91. The third-order valence-corrected chi connectivity index (χ3v) is 3.25. The number of aliphatic carboxylic acids is 1. The highest BCUT2D eigenvalue weighted by atomic mass is 79.9. The molecule has 0 aliphatic carbocycles. The number of hydrogen-bond donors (Lipinski definition) is 2. The summed E-state index contributed by atoms with van der Waals surface area (Å²) in [7, 11) is 0. The van der Waals surface area contributed by atoms with Gasteiger partial charge in [-0.25, -0.2) is 0 Å². The summed E-state index contributed by atoms with van der Waals surface area (Å²) in [6.45, 7) is 0. The molecule has 3 nitrogen and oxygen atoms in total. The number of nitrogen functional groups attached to an aromatic ring is 1. The summed E-state index contributed by atoms with van der Waals surface area (Å²) in [5.74, 6) is -1.54. The minimum Gasteiger partial charge on any atom is -0.481 e. The minimum absolute atomic E-state index is 0.624. The van der Waals surface area contributed by atoms with Gasteiger partial charge in [0.1, 0.15) is 5.92 Å². The molecule has 2 rings (SSSR count). The van der Waals surface area contributed by atoms with Crippen LogP contribution in [0.2, 0.25) is 0 Å². The lowest BCUT2D eigenvalue weighted by molar-refractivity contribution is -0.137. The Balaban J connectivity index is 2.43. The Bertz CT molecular complexity index is 504. The Labute approximate surface area is 113 Å². The third kappa shape index (κ3) is 2.71. The molecular weight excluding hydrogens is 294 g/mol. The molecule has 2 aromatic rings. The van der Waals surface area contributed by atoms with E-state index >= 15 is 0 Å². The Morgan fingerprint density at radius 1 is 1.00 bits per heavy atom. The highest BCUT2D eigenvalue weighted by molar-refractivity contribution is 9.10. The van der Waals surface area contributed by atoms with Crippen LogP contribution in [0.15, 0.2) is 53.0 Å².